The van der Waals surface area contributed by atoms with E-state index in [1.807, 2.05) is 13.8 Å². The van der Waals surface area contributed by atoms with Crippen molar-refractivity contribution in [3.63, 3.8) is 0 Å². The molecule has 0 N–H and O–H groups in total. The Labute approximate surface area is 94.5 Å². The van der Waals surface area contributed by atoms with Crippen molar-refractivity contribution in [3.8, 4) is 0 Å². The van der Waals surface area contributed by atoms with Gasteiger partial charge < -0.3 is 9.47 Å². The molecule has 0 saturated carbocycles. The molecule has 2 nitrogen and oxygen atoms in total. The van der Waals surface area contributed by atoms with Gasteiger partial charge in [0.25, 0.3) is 0 Å². The van der Waals surface area contributed by atoms with Gasteiger partial charge >= 0.3 is 18.9 Å². The average Bonchev–Trinajstić information content (AvgIpc) is 2.06. The first-order chi connectivity index (χ1) is 5.85. The summed E-state index contributed by atoms with van der Waals surface area (Å²) in [6.07, 6.45) is 5.43. The quantitative estimate of drug-likeness (QED) is 0.300. The first-order valence-electron chi connectivity index (χ1n) is 4.96. The summed E-state index contributed by atoms with van der Waals surface area (Å²) in [5, 5.41) is 0. The van der Waals surface area contributed by atoms with E-state index in [-0.39, 0.29) is 18.9 Å². The number of ether oxygens (including phenoxy) is 2. The first kappa shape index (κ1) is 16.0. The molecule has 0 bridgehead atoms. The molecule has 0 aliphatic carbocycles. The minimum atomic E-state index is 0. The molecule has 0 atom stereocenters. The molecule has 0 saturated heterocycles. The molecule has 0 spiro atoms. The third-order valence-corrected chi connectivity index (χ3v) is 1.60. The van der Waals surface area contributed by atoms with E-state index in [0.717, 1.165) is 12.7 Å². The molecule has 74 valence electrons. The molecule has 0 amide bonds. The Morgan fingerprint density at radius 3 is 1.85 bits per heavy atom. The van der Waals surface area contributed by atoms with Crippen molar-refractivity contribution in [1.82, 2.24) is 0 Å². The van der Waals surface area contributed by atoms with Crippen LogP contribution in [0, 0.1) is 6.29 Å². The summed E-state index contributed by atoms with van der Waals surface area (Å²) in [4.78, 5) is 0. The molecule has 0 aromatic carbocycles. The van der Waals surface area contributed by atoms with E-state index >= 15 is 0 Å². The summed E-state index contributed by atoms with van der Waals surface area (Å²) >= 11 is 0. The Bertz CT molecular complexity index is 83.0. The Hall–Kier alpha value is 0.517. The molecule has 0 aromatic rings. The standard InChI is InChI=1S/C10H21O2.Li/c1-4-7-8-9-10(11-5-2)12-6-3;/h4-9H2,1-3H3;/q-1;+1. The zero-order chi connectivity index (χ0) is 9.23. The van der Waals surface area contributed by atoms with Crippen LogP contribution in [0.5, 0.6) is 0 Å². The largest absolute Gasteiger partial charge is 1.00 e. The van der Waals surface area contributed by atoms with Crippen LogP contribution in [0.2, 0.25) is 0 Å². The summed E-state index contributed by atoms with van der Waals surface area (Å²) in [7, 11) is 0. The van der Waals surface area contributed by atoms with Gasteiger partial charge in [-0.15, -0.1) is 6.42 Å². The normalized spacial score (nSPS) is 10.2. The fourth-order valence-electron chi connectivity index (χ4n) is 1.03. The molecule has 0 unspecified atom stereocenters. The smallest absolute Gasteiger partial charge is 0.522 e. The number of rotatable bonds is 8. The number of hydrogen-bond donors (Lipinski definition) is 0. The molecule has 0 heterocycles. The second-order valence-electron chi connectivity index (χ2n) is 2.70. The van der Waals surface area contributed by atoms with Gasteiger partial charge in [0.1, 0.15) is 0 Å². The Morgan fingerprint density at radius 2 is 1.46 bits per heavy atom. The number of unbranched alkanes of at least 4 members (excludes halogenated alkanes) is 2. The van der Waals surface area contributed by atoms with E-state index < -0.39 is 0 Å². The van der Waals surface area contributed by atoms with Crippen LogP contribution in [-0.4, -0.2) is 13.2 Å². The third-order valence-electron chi connectivity index (χ3n) is 1.60. The predicted molar refractivity (Wildman–Crippen MR) is 50.6 cm³/mol. The molecular weight excluding hydrogens is 159 g/mol. The molecule has 0 radical (unpaired) electrons. The summed E-state index contributed by atoms with van der Waals surface area (Å²) < 4.78 is 10.6. The van der Waals surface area contributed by atoms with Gasteiger partial charge in [-0.25, -0.2) is 0 Å². The van der Waals surface area contributed by atoms with Crippen LogP contribution in [-0.2, 0) is 9.47 Å². The molecular formula is C10H21LiO2. The Balaban J connectivity index is 0. The third kappa shape index (κ3) is 10.4. The van der Waals surface area contributed by atoms with E-state index in [1.165, 1.54) is 19.3 Å². The zero-order valence-corrected chi connectivity index (χ0v) is 9.56. The van der Waals surface area contributed by atoms with Gasteiger partial charge in [0.05, 0.1) is 0 Å². The van der Waals surface area contributed by atoms with Crippen LogP contribution < -0.4 is 18.9 Å². The van der Waals surface area contributed by atoms with Crippen LogP contribution >= 0.6 is 0 Å². The van der Waals surface area contributed by atoms with Crippen molar-refractivity contribution in [2.75, 3.05) is 13.2 Å². The molecule has 0 aliphatic rings. The fourth-order valence-corrected chi connectivity index (χ4v) is 1.03. The van der Waals surface area contributed by atoms with Crippen molar-refractivity contribution in [3.05, 3.63) is 6.29 Å². The summed E-state index contributed by atoms with van der Waals surface area (Å²) in [5.41, 5.74) is 0. The molecule has 0 aliphatic heterocycles. The number of hydrogen-bond acceptors (Lipinski definition) is 2. The average molecular weight is 180 g/mol. The Morgan fingerprint density at radius 1 is 0.923 bits per heavy atom. The maximum atomic E-state index is 5.32. The van der Waals surface area contributed by atoms with Crippen LogP contribution in [0.1, 0.15) is 46.5 Å². The van der Waals surface area contributed by atoms with Gasteiger partial charge in [0.2, 0.25) is 0 Å². The van der Waals surface area contributed by atoms with Gasteiger partial charge in [-0.1, -0.05) is 32.5 Å². The maximum Gasteiger partial charge on any atom is 1.00 e. The molecule has 0 fully saturated rings. The summed E-state index contributed by atoms with van der Waals surface area (Å²) in [6.45, 7) is 7.58. The van der Waals surface area contributed by atoms with E-state index in [4.69, 9.17) is 9.47 Å². The summed E-state index contributed by atoms with van der Waals surface area (Å²) in [6, 6.07) is 0. The first-order valence-corrected chi connectivity index (χ1v) is 4.96. The van der Waals surface area contributed by atoms with Crippen molar-refractivity contribution in [2.24, 2.45) is 0 Å². The van der Waals surface area contributed by atoms with Crippen LogP contribution in [0.4, 0.5) is 0 Å². The fraction of sp³-hybridized carbons (Fsp3) is 0.900. The van der Waals surface area contributed by atoms with Crippen LogP contribution in [0.15, 0.2) is 0 Å². The van der Waals surface area contributed by atoms with Crippen molar-refractivity contribution >= 4 is 0 Å². The zero-order valence-electron chi connectivity index (χ0n) is 9.56. The molecule has 3 heteroatoms. The van der Waals surface area contributed by atoms with Crippen LogP contribution in [0.3, 0.4) is 0 Å². The van der Waals surface area contributed by atoms with Gasteiger partial charge in [0.15, 0.2) is 0 Å². The minimum Gasteiger partial charge on any atom is -0.522 e. The summed E-state index contributed by atoms with van der Waals surface area (Å²) in [5.74, 6) is 0. The monoisotopic (exact) mass is 180 g/mol. The molecule has 0 rings (SSSR count). The topological polar surface area (TPSA) is 18.5 Å². The van der Waals surface area contributed by atoms with Gasteiger partial charge in [-0.2, -0.15) is 0 Å². The molecule has 0 aromatic heterocycles. The van der Waals surface area contributed by atoms with Crippen molar-refractivity contribution < 1.29 is 28.3 Å². The van der Waals surface area contributed by atoms with E-state index in [9.17, 15) is 0 Å². The van der Waals surface area contributed by atoms with E-state index in [0.29, 0.717) is 13.2 Å². The van der Waals surface area contributed by atoms with E-state index in [2.05, 4.69) is 6.92 Å². The predicted octanol–water partition coefficient (Wildman–Crippen LogP) is 0.133. The van der Waals surface area contributed by atoms with E-state index in [1.54, 1.807) is 0 Å². The molecule has 13 heavy (non-hydrogen) atoms. The van der Waals surface area contributed by atoms with Crippen LogP contribution in [0.25, 0.3) is 0 Å². The van der Waals surface area contributed by atoms with Gasteiger partial charge in [-0.3, -0.25) is 0 Å². The van der Waals surface area contributed by atoms with Crippen molar-refractivity contribution in [1.29, 1.82) is 0 Å². The van der Waals surface area contributed by atoms with Gasteiger partial charge in [0, 0.05) is 13.2 Å². The second-order valence-corrected chi connectivity index (χ2v) is 2.70. The van der Waals surface area contributed by atoms with Crippen molar-refractivity contribution in [2.45, 2.75) is 46.5 Å². The Kier molecular flexibility index (Phi) is 15.4. The second kappa shape index (κ2) is 12.5. The van der Waals surface area contributed by atoms with Gasteiger partial charge in [-0.05, 0) is 13.8 Å². The minimum absolute atomic E-state index is 0. The maximum absolute atomic E-state index is 5.32. The SMILES string of the molecule is CCCCC[C-](OCC)OCC.[Li+].